The summed E-state index contributed by atoms with van der Waals surface area (Å²) >= 11 is 0. The van der Waals surface area contributed by atoms with Gasteiger partial charge < -0.3 is 0 Å². The molecule has 0 saturated heterocycles. The molecule has 0 bridgehead atoms. The van der Waals surface area contributed by atoms with Gasteiger partial charge in [-0.2, -0.15) is 0 Å². The highest BCUT2D eigenvalue weighted by Crippen LogP contribution is 2.44. The maximum absolute atomic E-state index is 13.5. The molecule has 1 atom stereocenters. The van der Waals surface area contributed by atoms with Crippen molar-refractivity contribution in [2.24, 2.45) is 0 Å². The summed E-state index contributed by atoms with van der Waals surface area (Å²) in [6, 6.07) is 10.6. The van der Waals surface area contributed by atoms with Crippen LogP contribution in [-0.2, 0) is 14.8 Å². The molecule has 1 heterocycles. The third kappa shape index (κ3) is 2.55. The van der Waals surface area contributed by atoms with E-state index in [1.807, 2.05) is 0 Å². The number of hydrogen-bond acceptors (Lipinski definition) is 4. The van der Waals surface area contributed by atoms with Crippen LogP contribution in [0, 0.1) is 5.82 Å². The van der Waals surface area contributed by atoms with Gasteiger partial charge in [0.2, 0.25) is 5.91 Å². The molecular formula is C15H13FN2O4S. The number of benzene rings is 2. The van der Waals surface area contributed by atoms with Gasteiger partial charge in [-0.25, -0.2) is 18.3 Å². The van der Waals surface area contributed by atoms with Crippen LogP contribution < -0.4 is 9.79 Å². The van der Waals surface area contributed by atoms with E-state index in [0.717, 1.165) is 10.4 Å². The van der Waals surface area contributed by atoms with Gasteiger partial charge in [0.05, 0.1) is 23.0 Å². The normalized spacial score (nSPS) is 18.5. The molecular weight excluding hydrogens is 323 g/mol. The first kappa shape index (κ1) is 15.4. The molecule has 1 aliphatic heterocycles. The summed E-state index contributed by atoms with van der Waals surface area (Å²) < 4.78 is 40.1. The van der Waals surface area contributed by atoms with E-state index >= 15 is 0 Å². The van der Waals surface area contributed by atoms with Crippen molar-refractivity contribution in [1.29, 1.82) is 0 Å². The fourth-order valence-electron chi connectivity index (χ4n) is 2.74. The monoisotopic (exact) mass is 336 g/mol. The van der Waals surface area contributed by atoms with E-state index in [0.29, 0.717) is 5.56 Å². The van der Waals surface area contributed by atoms with E-state index in [4.69, 9.17) is 5.21 Å². The van der Waals surface area contributed by atoms with Crippen LogP contribution in [-0.4, -0.2) is 19.5 Å². The lowest BCUT2D eigenvalue weighted by Gasteiger charge is -2.25. The van der Waals surface area contributed by atoms with Crippen molar-refractivity contribution in [1.82, 2.24) is 5.48 Å². The standard InChI is InChI=1S/C15H13FN2O4S/c16-10-4-3-5-11(8-10)18-13(9-15(19)17-20)12-6-1-2-7-14(12)23(18,21)22/h1-8,13,20H,9H2,(H,17,19). The SMILES string of the molecule is O=C(CC1c2ccccc2S(=O)(=O)N1c1cccc(F)c1)NO. The Kier molecular flexibility index (Phi) is 3.78. The molecule has 6 nitrogen and oxygen atoms in total. The summed E-state index contributed by atoms with van der Waals surface area (Å²) in [7, 11) is -3.91. The van der Waals surface area contributed by atoms with Crippen LogP contribution in [0.2, 0.25) is 0 Å². The van der Waals surface area contributed by atoms with E-state index in [9.17, 15) is 17.6 Å². The summed E-state index contributed by atoms with van der Waals surface area (Å²) in [5.41, 5.74) is 2.05. The van der Waals surface area contributed by atoms with E-state index in [1.54, 1.807) is 18.2 Å². The first-order valence-corrected chi connectivity index (χ1v) is 8.21. The second-order valence-corrected chi connectivity index (χ2v) is 6.86. The number of hydroxylamine groups is 1. The van der Waals surface area contributed by atoms with Crippen LogP contribution in [0.15, 0.2) is 53.4 Å². The number of amides is 1. The van der Waals surface area contributed by atoms with Crippen molar-refractivity contribution < 1.29 is 22.8 Å². The van der Waals surface area contributed by atoms with Gasteiger partial charge in [0.1, 0.15) is 5.82 Å². The molecule has 120 valence electrons. The number of carbonyl (C=O) groups is 1. The Labute approximate surface area is 132 Å². The number of nitrogens with zero attached hydrogens (tertiary/aromatic N) is 1. The topological polar surface area (TPSA) is 86.7 Å². The highest BCUT2D eigenvalue weighted by molar-refractivity contribution is 7.93. The Hall–Kier alpha value is -2.45. The molecule has 0 aliphatic carbocycles. The van der Waals surface area contributed by atoms with Gasteiger partial charge in [-0.15, -0.1) is 0 Å². The number of halogens is 1. The van der Waals surface area contributed by atoms with E-state index in [2.05, 4.69) is 0 Å². The number of nitrogens with one attached hydrogen (secondary N) is 1. The van der Waals surface area contributed by atoms with Gasteiger partial charge in [-0.1, -0.05) is 24.3 Å². The van der Waals surface area contributed by atoms with Crippen LogP contribution in [0.3, 0.4) is 0 Å². The van der Waals surface area contributed by atoms with Gasteiger partial charge in [-0.3, -0.25) is 14.3 Å². The van der Waals surface area contributed by atoms with Crippen molar-refractivity contribution in [3.05, 3.63) is 59.9 Å². The molecule has 8 heteroatoms. The smallest absolute Gasteiger partial charge is 0.265 e. The summed E-state index contributed by atoms with van der Waals surface area (Å²) in [5, 5.41) is 8.75. The molecule has 1 amide bonds. The van der Waals surface area contributed by atoms with Gasteiger partial charge in [0, 0.05) is 0 Å². The van der Waals surface area contributed by atoms with Crippen LogP contribution in [0.4, 0.5) is 10.1 Å². The lowest BCUT2D eigenvalue weighted by molar-refractivity contribution is -0.129. The zero-order valence-electron chi connectivity index (χ0n) is 11.8. The maximum atomic E-state index is 13.5. The molecule has 0 fully saturated rings. The quantitative estimate of drug-likeness (QED) is 0.663. The molecule has 0 spiro atoms. The largest absolute Gasteiger partial charge is 0.289 e. The highest BCUT2D eigenvalue weighted by Gasteiger charge is 2.43. The predicted octanol–water partition coefficient (Wildman–Crippen LogP) is 1.97. The van der Waals surface area contributed by atoms with Gasteiger partial charge in [0.25, 0.3) is 10.0 Å². The van der Waals surface area contributed by atoms with Gasteiger partial charge >= 0.3 is 0 Å². The van der Waals surface area contributed by atoms with Crippen LogP contribution >= 0.6 is 0 Å². The molecule has 0 aromatic heterocycles. The zero-order chi connectivity index (χ0) is 16.6. The average Bonchev–Trinajstić information content (AvgIpc) is 2.75. The zero-order valence-corrected chi connectivity index (χ0v) is 12.6. The Bertz CT molecular complexity index is 869. The molecule has 3 rings (SSSR count). The number of sulfonamides is 1. The third-order valence-corrected chi connectivity index (χ3v) is 5.57. The Morgan fingerprint density at radius 2 is 1.96 bits per heavy atom. The number of rotatable bonds is 3. The molecule has 23 heavy (non-hydrogen) atoms. The fraction of sp³-hybridized carbons (Fsp3) is 0.133. The number of carbonyl (C=O) groups excluding carboxylic acids is 1. The third-order valence-electron chi connectivity index (χ3n) is 3.66. The lowest BCUT2D eigenvalue weighted by atomic mass is 10.0. The molecule has 2 aromatic carbocycles. The van der Waals surface area contributed by atoms with Gasteiger partial charge in [0.15, 0.2) is 0 Å². The lowest BCUT2D eigenvalue weighted by Crippen LogP contribution is -2.32. The summed E-state index contributed by atoms with van der Waals surface area (Å²) in [4.78, 5) is 11.6. The van der Waals surface area contributed by atoms with E-state index < -0.39 is 27.8 Å². The number of anilines is 1. The number of fused-ring (bicyclic) bond motifs is 1. The second kappa shape index (κ2) is 5.64. The van der Waals surface area contributed by atoms with E-state index in [-0.39, 0.29) is 17.0 Å². The number of hydrogen-bond donors (Lipinski definition) is 2. The Morgan fingerprint density at radius 3 is 2.65 bits per heavy atom. The average molecular weight is 336 g/mol. The molecule has 2 N–H and O–H groups in total. The Morgan fingerprint density at radius 1 is 1.22 bits per heavy atom. The van der Waals surface area contributed by atoms with Crippen LogP contribution in [0.5, 0.6) is 0 Å². The van der Waals surface area contributed by atoms with Crippen molar-refractivity contribution in [2.45, 2.75) is 17.4 Å². The molecule has 1 unspecified atom stereocenters. The minimum Gasteiger partial charge on any atom is -0.289 e. The summed E-state index contributed by atoms with van der Waals surface area (Å²) in [6.07, 6.45) is -0.288. The fourth-order valence-corrected chi connectivity index (χ4v) is 4.62. The van der Waals surface area contributed by atoms with Crippen molar-refractivity contribution >= 4 is 21.6 Å². The van der Waals surface area contributed by atoms with Crippen LogP contribution in [0.25, 0.3) is 0 Å². The van der Waals surface area contributed by atoms with Crippen molar-refractivity contribution in [3.8, 4) is 0 Å². The minimum absolute atomic E-state index is 0.0694. The van der Waals surface area contributed by atoms with Crippen molar-refractivity contribution in [2.75, 3.05) is 4.31 Å². The highest BCUT2D eigenvalue weighted by atomic mass is 32.2. The van der Waals surface area contributed by atoms with E-state index in [1.165, 1.54) is 29.7 Å². The molecule has 2 aromatic rings. The maximum Gasteiger partial charge on any atom is 0.265 e. The molecule has 0 saturated carbocycles. The summed E-state index contributed by atoms with van der Waals surface area (Å²) in [5.74, 6) is -1.32. The Balaban J connectivity index is 2.17. The van der Waals surface area contributed by atoms with Crippen LogP contribution in [0.1, 0.15) is 18.0 Å². The molecule has 0 radical (unpaired) electrons. The predicted molar refractivity (Wildman–Crippen MR) is 79.8 cm³/mol. The first-order chi connectivity index (χ1) is 10.9. The first-order valence-electron chi connectivity index (χ1n) is 6.77. The van der Waals surface area contributed by atoms with Gasteiger partial charge in [-0.05, 0) is 29.8 Å². The minimum atomic E-state index is -3.91. The van der Waals surface area contributed by atoms with Crippen molar-refractivity contribution in [3.63, 3.8) is 0 Å². The summed E-state index contributed by atoms with van der Waals surface area (Å²) in [6.45, 7) is 0. The molecule has 1 aliphatic rings. The second-order valence-electron chi connectivity index (χ2n) is 5.07.